The predicted octanol–water partition coefficient (Wildman–Crippen LogP) is 11.9. The van der Waals surface area contributed by atoms with Gasteiger partial charge in [-0.2, -0.15) is 11.3 Å². The minimum atomic E-state index is 1.16. The molecule has 1 heterocycles. The van der Waals surface area contributed by atoms with E-state index >= 15 is 0 Å². The molecule has 1 heteroatoms. The zero-order chi connectivity index (χ0) is 25.7. The average Bonchev–Trinajstić information content (AvgIpc) is 3.32. The van der Waals surface area contributed by atoms with Crippen LogP contribution in [-0.4, -0.2) is 0 Å². The maximum atomic E-state index is 2.45. The molecule has 0 radical (unpaired) electrons. The van der Waals surface area contributed by atoms with Gasteiger partial charge in [0, 0.05) is 0 Å². The molecule has 0 fully saturated rings. The zero-order valence-corrected chi connectivity index (χ0v) is 24.5. The Morgan fingerprint density at radius 1 is 0.571 bits per heavy atom. The largest absolute Gasteiger partial charge is 0.152 e. The average molecular weight is 493 g/mol. The monoisotopic (exact) mass is 492 g/mol. The normalized spacial score (nSPS) is 13.7. The molecule has 0 nitrogen and oxygen atoms in total. The van der Waals surface area contributed by atoms with Gasteiger partial charge in [0.15, 0.2) is 0 Å². The first-order valence-electron chi connectivity index (χ1n) is 13.8. The van der Waals surface area contributed by atoms with Gasteiger partial charge in [-0.1, -0.05) is 70.4 Å². The highest BCUT2D eigenvalue weighted by molar-refractivity contribution is 7.07. The maximum absolute atomic E-state index is 2.45. The van der Waals surface area contributed by atoms with Gasteiger partial charge in [-0.15, -0.1) is 0 Å². The van der Waals surface area contributed by atoms with E-state index in [0.29, 0.717) is 0 Å². The lowest BCUT2D eigenvalue weighted by Gasteiger charge is -2.03. The van der Waals surface area contributed by atoms with E-state index in [2.05, 4.69) is 101 Å². The van der Waals surface area contributed by atoms with Crippen molar-refractivity contribution in [2.45, 2.75) is 119 Å². The third kappa shape index (κ3) is 19.1. The number of rotatable bonds is 18. The van der Waals surface area contributed by atoms with Crippen molar-refractivity contribution in [1.29, 1.82) is 0 Å². The van der Waals surface area contributed by atoms with E-state index in [0.717, 1.165) is 19.3 Å². The molecule has 0 aliphatic carbocycles. The van der Waals surface area contributed by atoms with Gasteiger partial charge in [0.1, 0.15) is 0 Å². The van der Waals surface area contributed by atoms with E-state index < -0.39 is 0 Å². The van der Waals surface area contributed by atoms with Crippen molar-refractivity contribution in [3.63, 3.8) is 0 Å². The van der Waals surface area contributed by atoms with Crippen LogP contribution in [0.3, 0.4) is 0 Å². The van der Waals surface area contributed by atoms with Crippen molar-refractivity contribution in [3.8, 4) is 0 Å². The Morgan fingerprint density at radius 2 is 1.03 bits per heavy atom. The standard InChI is InChI=1S/C34H52S/c1-29(2)16-12-18-31(4)20-14-22-33(6)24-15-23-32(5)21-13-19-30(3)17-10-8-7-9-11-25-34-26-27-35-28-34/h7,9,16-17,20-21,24,26-28H,8,10-15,18-19,22-23,25H2,1-6H3. The summed E-state index contributed by atoms with van der Waals surface area (Å²) in [5.41, 5.74) is 9.01. The fourth-order valence-electron chi connectivity index (χ4n) is 3.98. The minimum absolute atomic E-state index is 1.16. The van der Waals surface area contributed by atoms with E-state index in [-0.39, 0.29) is 0 Å². The van der Waals surface area contributed by atoms with E-state index in [1.807, 2.05) is 0 Å². The first kappa shape index (κ1) is 31.2. The molecule has 0 amide bonds. The number of allylic oxidation sites excluding steroid dienone is 12. The second kappa shape index (κ2) is 20.3. The Bertz CT molecular complexity index is 848. The summed E-state index contributed by atoms with van der Waals surface area (Å²) >= 11 is 1.79. The Balaban J connectivity index is 2.13. The van der Waals surface area contributed by atoms with E-state index in [4.69, 9.17) is 0 Å². The van der Waals surface area contributed by atoms with Crippen LogP contribution in [0, 0.1) is 0 Å². The summed E-state index contributed by atoms with van der Waals surface area (Å²) in [7, 11) is 0. The van der Waals surface area contributed by atoms with Crippen molar-refractivity contribution >= 4 is 11.3 Å². The highest BCUT2D eigenvalue weighted by Crippen LogP contribution is 2.15. The van der Waals surface area contributed by atoms with Crippen LogP contribution in [0.25, 0.3) is 0 Å². The SMILES string of the molecule is CC(C)=CCCC(C)=CCCC(C)=CCCC(C)=CCCC(C)=CCCC=CCCc1ccsc1. The molecule has 0 aliphatic heterocycles. The second-order valence-electron chi connectivity index (χ2n) is 10.4. The highest BCUT2D eigenvalue weighted by atomic mass is 32.1. The van der Waals surface area contributed by atoms with Crippen LogP contribution in [0.15, 0.2) is 87.2 Å². The quantitative estimate of drug-likeness (QED) is 0.141. The topological polar surface area (TPSA) is 0 Å². The zero-order valence-electron chi connectivity index (χ0n) is 23.7. The van der Waals surface area contributed by atoms with E-state index in [1.54, 1.807) is 11.3 Å². The van der Waals surface area contributed by atoms with Crippen LogP contribution in [-0.2, 0) is 6.42 Å². The summed E-state index contributed by atoms with van der Waals surface area (Å²) in [4.78, 5) is 0. The van der Waals surface area contributed by atoms with Gasteiger partial charge in [-0.25, -0.2) is 0 Å². The number of hydrogen-bond donors (Lipinski definition) is 0. The Morgan fingerprint density at radius 3 is 1.49 bits per heavy atom. The Labute approximate surface area is 222 Å². The molecule has 35 heavy (non-hydrogen) atoms. The Hall–Kier alpha value is -1.86. The summed E-state index contributed by atoms with van der Waals surface area (Å²) in [6.07, 6.45) is 30.9. The van der Waals surface area contributed by atoms with Gasteiger partial charge in [0.2, 0.25) is 0 Å². The maximum Gasteiger partial charge on any atom is -0.00611 e. The lowest BCUT2D eigenvalue weighted by molar-refractivity contribution is 0.888. The van der Waals surface area contributed by atoms with E-state index in [9.17, 15) is 0 Å². The lowest BCUT2D eigenvalue weighted by Crippen LogP contribution is -1.83. The second-order valence-corrected chi connectivity index (χ2v) is 11.1. The van der Waals surface area contributed by atoms with Gasteiger partial charge in [-0.05, 0) is 141 Å². The third-order valence-electron chi connectivity index (χ3n) is 6.36. The number of hydrogen-bond acceptors (Lipinski definition) is 1. The summed E-state index contributed by atoms with van der Waals surface area (Å²) in [5, 5.41) is 4.42. The molecule has 0 aromatic carbocycles. The molecule has 194 valence electrons. The molecule has 0 bridgehead atoms. The number of aryl methyl sites for hydroxylation is 1. The van der Waals surface area contributed by atoms with Crippen molar-refractivity contribution in [3.05, 3.63) is 92.8 Å². The molecule has 0 aliphatic rings. The van der Waals surface area contributed by atoms with Crippen LogP contribution in [0.1, 0.15) is 118 Å². The van der Waals surface area contributed by atoms with Gasteiger partial charge < -0.3 is 0 Å². The molecule has 0 atom stereocenters. The van der Waals surface area contributed by atoms with Gasteiger partial charge in [0.25, 0.3) is 0 Å². The van der Waals surface area contributed by atoms with Crippen LogP contribution >= 0.6 is 11.3 Å². The van der Waals surface area contributed by atoms with Crippen LogP contribution < -0.4 is 0 Å². The van der Waals surface area contributed by atoms with Crippen LogP contribution in [0.2, 0.25) is 0 Å². The summed E-state index contributed by atoms with van der Waals surface area (Å²) in [5.74, 6) is 0. The van der Waals surface area contributed by atoms with Gasteiger partial charge in [0.05, 0.1) is 0 Å². The van der Waals surface area contributed by atoms with E-state index in [1.165, 1.54) is 91.2 Å². The molecule has 0 unspecified atom stereocenters. The predicted molar refractivity (Wildman–Crippen MR) is 162 cm³/mol. The van der Waals surface area contributed by atoms with Crippen molar-refractivity contribution in [2.24, 2.45) is 0 Å². The molecule has 0 spiro atoms. The summed E-state index contributed by atoms with van der Waals surface area (Å²) < 4.78 is 0. The van der Waals surface area contributed by atoms with Crippen molar-refractivity contribution in [2.75, 3.05) is 0 Å². The smallest absolute Gasteiger partial charge is 0.00611 e. The molecular weight excluding hydrogens is 440 g/mol. The molecule has 1 aromatic rings. The number of unbranched alkanes of at least 4 members (excludes halogenated alkanes) is 1. The molecule has 1 aromatic heterocycles. The fraction of sp³-hybridized carbons (Fsp3) is 0.529. The number of thiophene rings is 1. The first-order valence-corrected chi connectivity index (χ1v) is 14.7. The summed E-state index contributed by atoms with van der Waals surface area (Å²) in [6.45, 7) is 13.5. The van der Waals surface area contributed by atoms with Crippen molar-refractivity contribution < 1.29 is 0 Å². The van der Waals surface area contributed by atoms with Crippen LogP contribution in [0.5, 0.6) is 0 Å². The van der Waals surface area contributed by atoms with Crippen molar-refractivity contribution in [1.82, 2.24) is 0 Å². The molecule has 1 rings (SSSR count). The van der Waals surface area contributed by atoms with Gasteiger partial charge >= 0.3 is 0 Å². The molecule has 0 N–H and O–H groups in total. The minimum Gasteiger partial charge on any atom is -0.152 e. The highest BCUT2D eigenvalue weighted by Gasteiger charge is 1.95. The third-order valence-corrected chi connectivity index (χ3v) is 7.09. The van der Waals surface area contributed by atoms with Crippen LogP contribution in [0.4, 0.5) is 0 Å². The lowest BCUT2D eigenvalue weighted by atomic mass is 10.0. The molecule has 0 saturated heterocycles. The summed E-state index contributed by atoms with van der Waals surface area (Å²) in [6, 6.07) is 2.23. The first-order chi connectivity index (χ1) is 16.9. The molecule has 0 saturated carbocycles. The molecular formula is C34H52S. The Kier molecular flexibility index (Phi) is 18.1. The fourth-order valence-corrected chi connectivity index (χ4v) is 4.69. The van der Waals surface area contributed by atoms with Gasteiger partial charge in [-0.3, -0.25) is 0 Å².